The molecule has 1 fully saturated rings. The van der Waals surface area contributed by atoms with Crippen LogP contribution in [-0.4, -0.2) is 28.5 Å². The number of aryl methyl sites for hydroxylation is 2. The molecule has 6 heteroatoms. The predicted molar refractivity (Wildman–Crippen MR) is 79.3 cm³/mol. The van der Waals surface area contributed by atoms with Gasteiger partial charge in [0.15, 0.2) is 0 Å². The van der Waals surface area contributed by atoms with Gasteiger partial charge in [0, 0.05) is 12.2 Å². The fourth-order valence-electron chi connectivity index (χ4n) is 2.98. The van der Waals surface area contributed by atoms with E-state index in [4.69, 9.17) is 10.8 Å². The average molecular weight is 291 g/mol. The SMILES string of the molecule is Cc1cc(NCC2(CC(=O)O)CCC2)c(C(N)=O)c(C)n1. The molecule has 1 saturated carbocycles. The van der Waals surface area contributed by atoms with E-state index in [1.165, 1.54) is 0 Å². The topological polar surface area (TPSA) is 105 Å². The molecule has 0 unspecified atom stereocenters. The molecule has 4 N–H and O–H groups in total. The minimum absolute atomic E-state index is 0.148. The largest absolute Gasteiger partial charge is 0.481 e. The van der Waals surface area contributed by atoms with Crippen molar-refractivity contribution >= 4 is 17.6 Å². The van der Waals surface area contributed by atoms with Crippen LogP contribution in [0.4, 0.5) is 5.69 Å². The molecule has 1 heterocycles. The van der Waals surface area contributed by atoms with E-state index in [1.54, 1.807) is 13.0 Å². The zero-order chi connectivity index (χ0) is 15.6. The van der Waals surface area contributed by atoms with Gasteiger partial charge in [-0.3, -0.25) is 14.6 Å². The number of carboxylic acids is 1. The van der Waals surface area contributed by atoms with E-state index in [-0.39, 0.29) is 11.8 Å². The molecular weight excluding hydrogens is 270 g/mol. The van der Waals surface area contributed by atoms with Gasteiger partial charge in [-0.05, 0) is 38.2 Å². The first-order valence-electron chi connectivity index (χ1n) is 7.07. The number of nitrogens with two attached hydrogens (primary N) is 1. The number of hydrogen-bond donors (Lipinski definition) is 3. The number of primary amides is 1. The van der Waals surface area contributed by atoms with Gasteiger partial charge in [0.25, 0.3) is 5.91 Å². The van der Waals surface area contributed by atoms with Crippen molar-refractivity contribution in [3.05, 3.63) is 23.0 Å². The first-order chi connectivity index (χ1) is 9.83. The lowest BCUT2D eigenvalue weighted by molar-refractivity contribution is -0.141. The van der Waals surface area contributed by atoms with Crippen LogP contribution in [0.25, 0.3) is 0 Å². The van der Waals surface area contributed by atoms with Gasteiger partial charge in [-0.2, -0.15) is 0 Å². The summed E-state index contributed by atoms with van der Waals surface area (Å²) < 4.78 is 0. The van der Waals surface area contributed by atoms with Crippen molar-refractivity contribution in [2.75, 3.05) is 11.9 Å². The van der Waals surface area contributed by atoms with Gasteiger partial charge < -0.3 is 16.2 Å². The maximum atomic E-state index is 11.6. The monoisotopic (exact) mass is 291 g/mol. The Bertz CT molecular complexity index is 580. The lowest BCUT2D eigenvalue weighted by Gasteiger charge is -2.41. The van der Waals surface area contributed by atoms with Gasteiger partial charge in [0.2, 0.25) is 0 Å². The van der Waals surface area contributed by atoms with Crippen molar-refractivity contribution in [1.82, 2.24) is 4.98 Å². The van der Waals surface area contributed by atoms with Crippen LogP contribution in [0.2, 0.25) is 0 Å². The molecule has 1 amide bonds. The molecule has 0 bridgehead atoms. The Hall–Kier alpha value is -2.11. The van der Waals surface area contributed by atoms with E-state index >= 15 is 0 Å². The first kappa shape index (κ1) is 15.3. The minimum Gasteiger partial charge on any atom is -0.481 e. The fraction of sp³-hybridized carbons (Fsp3) is 0.533. The number of nitrogens with one attached hydrogen (secondary N) is 1. The van der Waals surface area contributed by atoms with Crippen molar-refractivity contribution in [2.45, 2.75) is 39.5 Å². The number of carboxylic acid groups (broad SMARTS) is 1. The van der Waals surface area contributed by atoms with E-state index in [0.717, 1.165) is 25.0 Å². The van der Waals surface area contributed by atoms with Gasteiger partial charge >= 0.3 is 5.97 Å². The summed E-state index contributed by atoms with van der Waals surface area (Å²) in [7, 11) is 0. The molecular formula is C15H21N3O3. The van der Waals surface area contributed by atoms with Gasteiger partial charge in [0.05, 0.1) is 23.4 Å². The number of anilines is 1. The van der Waals surface area contributed by atoms with Crippen LogP contribution in [0.3, 0.4) is 0 Å². The molecule has 0 aliphatic heterocycles. The summed E-state index contributed by atoms with van der Waals surface area (Å²) in [5.41, 5.74) is 7.61. The van der Waals surface area contributed by atoms with Crippen LogP contribution in [0.1, 0.15) is 47.4 Å². The molecule has 6 nitrogen and oxygen atoms in total. The van der Waals surface area contributed by atoms with Gasteiger partial charge in [-0.1, -0.05) is 6.42 Å². The highest BCUT2D eigenvalue weighted by molar-refractivity contribution is 5.99. The highest BCUT2D eigenvalue weighted by Crippen LogP contribution is 2.44. The second-order valence-corrected chi connectivity index (χ2v) is 5.91. The normalized spacial score (nSPS) is 16.1. The van der Waals surface area contributed by atoms with Crippen molar-refractivity contribution < 1.29 is 14.7 Å². The maximum absolute atomic E-state index is 11.6. The van der Waals surface area contributed by atoms with Crippen molar-refractivity contribution in [2.24, 2.45) is 11.1 Å². The number of pyridine rings is 1. The summed E-state index contributed by atoms with van der Waals surface area (Å²) in [4.78, 5) is 26.8. The number of rotatable bonds is 6. The quantitative estimate of drug-likeness (QED) is 0.741. The Morgan fingerprint density at radius 3 is 2.57 bits per heavy atom. The van der Waals surface area contributed by atoms with Crippen LogP contribution in [0.5, 0.6) is 0 Å². The van der Waals surface area contributed by atoms with E-state index in [1.807, 2.05) is 6.92 Å². The number of aliphatic carboxylic acids is 1. The number of carbonyl (C=O) groups excluding carboxylic acids is 1. The van der Waals surface area contributed by atoms with E-state index in [9.17, 15) is 9.59 Å². The molecule has 0 saturated heterocycles. The summed E-state index contributed by atoms with van der Waals surface area (Å²) in [6.07, 6.45) is 2.98. The Morgan fingerprint density at radius 1 is 1.43 bits per heavy atom. The van der Waals surface area contributed by atoms with Crippen LogP contribution in [-0.2, 0) is 4.79 Å². The van der Waals surface area contributed by atoms with E-state index in [2.05, 4.69) is 10.3 Å². The molecule has 0 atom stereocenters. The number of aromatic nitrogens is 1. The van der Waals surface area contributed by atoms with Gasteiger partial charge in [-0.25, -0.2) is 0 Å². The first-order valence-corrected chi connectivity index (χ1v) is 7.07. The standard InChI is InChI=1S/C15H21N3O3/c1-9-6-11(13(14(16)21)10(2)18-9)17-8-15(4-3-5-15)7-12(19)20/h6H,3-5,7-8H2,1-2H3,(H2,16,21)(H,17,18)(H,19,20). The summed E-state index contributed by atoms with van der Waals surface area (Å²) in [6, 6.07) is 1.78. The molecule has 1 aliphatic carbocycles. The van der Waals surface area contributed by atoms with Crippen LogP contribution in [0.15, 0.2) is 6.07 Å². The zero-order valence-electron chi connectivity index (χ0n) is 12.4. The second kappa shape index (κ2) is 5.71. The molecule has 0 spiro atoms. The number of carbonyl (C=O) groups is 2. The van der Waals surface area contributed by atoms with Gasteiger partial charge in [-0.15, -0.1) is 0 Å². The third kappa shape index (κ3) is 3.32. The third-order valence-electron chi connectivity index (χ3n) is 4.17. The highest BCUT2D eigenvalue weighted by Gasteiger charge is 2.39. The molecule has 1 aromatic heterocycles. The predicted octanol–water partition coefficient (Wildman–Crippen LogP) is 1.85. The van der Waals surface area contributed by atoms with Crippen LogP contribution < -0.4 is 11.1 Å². The van der Waals surface area contributed by atoms with E-state index < -0.39 is 11.9 Å². The smallest absolute Gasteiger partial charge is 0.303 e. The average Bonchev–Trinajstić information content (AvgIpc) is 2.30. The molecule has 2 rings (SSSR count). The summed E-state index contributed by atoms with van der Waals surface area (Å²) >= 11 is 0. The molecule has 0 aromatic carbocycles. The molecule has 1 aromatic rings. The lowest BCUT2D eigenvalue weighted by atomic mass is 9.66. The Kier molecular flexibility index (Phi) is 4.16. The lowest BCUT2D eigenvalue weighted by Crippen LogP contribution is -2.39. The summed E-state index contributed by atoms with van der Waals surface area (Å²) in [6.45, 7) is 4.12. The van der Waals surface area contributed by atoms with E-state index in [0.29, 0.717) is 23.5 Å². The number of amides is 1. The minimum atomic E-state index is -0.784. The molecule has 114 valence electrons. The molecule has 0 radical (unpaired) electrons. The molecule has 21 heavy (non-hydrogen) atoms. The van der Waals surface area contributed by atoms with Gasteiger partial charge in [0.1, 0.15) is 0 Å². The van der Waals surface area contributed by atoms with Crippen LogP contribution in [0, 0.1) is 19.3 Å². The Balaban J connectivity index is 2.19. The van der Waals surface area contributed by atoms with Crippen molar-refractivity contribution in [3.8, 4) is 0 Å². The summed E-state index contributed by atoms with van der Waals surface area (Å²) in [5.74, 6) is -1.31. The molecule has 1 aliphatic rings. The Morgan fingerprint density at radius 2 is 2.10 bits per heavy atom. The number of hydrogen-bond acceptors (Lipinski definition) is 4. The maximum Gasteiger partial charge on any atom is 0.303 e. The third-order valence-corrected chi connectivity index (χ3v) is 4.17. The highest BCUT2D eigenvalue weighted by atomic mass is 16.4. The van der Waals surface area contributed by atoms with Crippen molar-refractivity contribution in [1.29, 1.82) is 0 Å². The zero-order valence-corrected chi connectivity index (χ0v) is 12.4. The second-order valence-electron chi connectivity index (χ2n) is 5.91. The van der Waals surface area contributed by atoms with Crippen LogP contribution >= 0.6 is 0 Å². The Labute approximate surface area is 123 Å². The fourth-order valence-corrected chi connectivity index (χ4v) is 2.98. The van der Waals surface area contributed by atoms with Crippen molar-refractivity contribution in [3.63, 3.8) is 0 Å². The number of nitrogens with zero attached hydrogens (tertiary/aromatic N) is 1. The summed E-state index contributed by atoms with van der Waals surface area (Å²) in [5, 5.41) is 12.3.